The molecule has 1 amide bonds. The zero-order chi connectivity index (χ0) is 21.8. The number of pyridine rings is 2. The number of aryl methyl sites for hydroxylation is 2. The van der Waals surface area contributed by atoms with E-state index in [0.29, 0.717) is 17.9 Å². The van der Waals surface area contributed by atoms with Gasteiger partial charge in [-0.05, 0) is 49.7 Å². The van der Waals surface area contributed by atoms with Crippen molar-refractivity contribution in [2.24, 2.45) is 0 Å². The zero-order valence-corrected chi connectivity index (χ0v) is 17.5. The van der Waals surface area contributed by atoms with E-state index in [2.05, 4.69) is 10.3 Å². The molecule has 0 bridgehead atoms. The first-order valence-electron chi connectivity index (χ1n) is 10.1. The molecule has 0 radical (unpaired) electrons. The van der Waals surface area contributed by atoms with Crippen LogP contribution in [-0.2, 0) is 6.54 Å². The number of benzene rings is 2. The average molecular weight is 409 g/mol. The lowest BCUT2D eigenvalue weighted by Gasteiger charge is -2.20. The number of hydrogen-bond donors (Lipinski definition) is 1. The molecule has 0 unspecified atom stereocenters. The summed E-state index contributed by atoms with van der Waals surface area (Å²) in [6.07, 6.45) is 1.74. The van der Waals surface area contributed by atoms with Gasteiger partial charge < -0.3 is 9.88 Å². The minimum Gasteiger partial charge on any atom is -0.338 e. The van der Waals surface area contributed by atoms with Crippen LogP contribution in [0.25, 0.3) is 11.3 Å². The maximum Gasteiger partial charge on any atom is 0.261 e. The molecule has 0 aliphatic heterocycles. The van der Waals surface area contributed by atoms with Crippen molar-refractivity contribution in [3.05, 3.63) is 118 Å². The minimum atomic E-state index is -0.428. The molecule has 0 spiro atoms. The molecule has 0 saturated heterocycles. The van der Waals surface area contributed by atoms with Crippen molar-refractivity contribution >= 4 is 11.6 Å². The summed E-state index contributed by atoms with van der Waals surface area (Å²) in [5.74, 6) is -0.428. The summed E-state index contributed by atoms with van der Waals surface area (Å²) in [4.78, 5) is 30.8. The Hall–Kier alpha value is -3.99. The predicted octanol–water partition coefficient (Wildman–Crippen LogP) is 4.83. The number of carbonyl (C=O) groups is 1. The number of para-hydroxylation sites is 1. The number of amides is 1. The molecule has 2 aromatic heterocycles. The van der Waals surface area contributed by atoms with Crippen LogP contribution in [0.2, 0.25) is 0 Å². The number of hydrogen-bond acceptors (Lipinski definition) is 3. The second kappa shape index (κ2) is 8.79. The highest BCUT2D eigenvalue weighted by Crippen LogP contribution is 2.26. The lowest BCUT2D eigenvalue weighted by atomic mass is 10.0. The van der Waals surface area contributed by atoms with E-state index in [1.54, 1.807) is 18.3 Å². The first kappa shape index (κ1) is 20.3. The van der Waals surface area contributed by atoms with Crippen LogP contribution in [0.4, 0.5) is 5.69 Å². The summed E-state index contributed by atoms with van der Waals surface area (Å²) in [5.41, 5.74) is 4.52. The van der Waals surface area contributed by atoms with E-state index >= 15 is 0 Å². The molecule has 5 nitrogen and oxygen atoms in total. The van der Waals surface area contributed by atoms with E-state index in [-0.39, 0.29) is 11.0 Å². The SMILES string of the molecule is Cc1cccc(-c2c(C(=O)Nc3ccccc3)c(=O)cc(C)n2Cc2ccccn2)c1. The highest BCUT2D eigenvalue weighted by atomic mass is 16.2. The van der Waals surface area contributed by atoms with Crippen LogP contribution in [0.3, 0.4) is 0 Å². The molecule has 31 heavy (non-hydrogen) atoms. The van der Waals surface area contributed by atoms with E-state index in [1.807, 2.05) is 79.1 Å². The molecular formula is C26H23N3O2. The molecule has 5 heteroatoms. The number of nitrogens with one attached hydrogen (secondary N) is 1. The van der Waals surface area contributed by atoms with E-state index in [9.17, 15) is 9.59 Å². The Kier molecular flexibility index (Phi) is 5.76. The predicted molar refractivity (Wildman–Crippen MR) is 123 cm³/mol. The topological polar surface area (TPSA) is 64.0 Å². The van der Waals surface area contributed by atoms with E-state index in [1.165, 1.54) is 6.07 Å². The standard InChI is InChI=1S/C26H23N3O2/c1-18-9-8-10-20(15-18)25-24(26(31)28-21-11-4-3-5-12-21)23(30)16-19(2)29(25)17-22-13-6-7-14-27-22/h3-16H,17H2,1-2H3,(H,28,31). The fourth-order valence-electron chi connectivity index (χ4n) is 3.65. The number of nitrogens with zero attached hydrogens (tertiary/aromatic N) is 2. The van der Waals surface area contributed by atoms with Crippen molar-refractivity contribution in [2.45, 2.75) is 20.4 Å². The molecule has 1 N–H and O–H groups in total. The van der Waals surface area contributed by atoms with E-state index in [0.717, 1.165) is 22.5 Å². The highest BCUT2D eigenvalue weighted by molar-refractivity contribution is 6.08. The number of carbonyl (C=O) groups excluding carboxylic acids is 1. The van der Waals surface area contributed by atoms with Crippen LogP contribution in [0.1, 0.15) is 27.3 Å². The van der Waals surface area contributed by atoms with Crippen molar-refractivity contribution in [2.75, 3.05) is 5.32 Å². The largest absolute Gasteiger partial charge is 0.338 e. The first-order valence-corrected chi connectivity index (χ1v) is 10.1. The van der Waals surface area contributed by atoms with Gasteiger partial charge in [0.1, 0.15) is 5.56 Å². The van der Waals surface area contributed by atoms with Crippen LogP contribution in [0.5, 0.6) is 0 Å². The summed E-state index contributed by atoms with van der Waals surface area (Å²) >= 11 is 0. The maximum atomic E-state index is 13.3. The van der Waals surface area contributed by atoms with Crippen molar-refractivity contribution < 1.29 is 4.79 Å². The van der Waals surface area contributed by atoms with Crippen LogP contribution in [-0.4, -0.2) is 15.5 Å². The monoisotopic (exact) mass is 409 g/mol. The van der Waals surface area contributed by atoms with E-state index < -0.39 is 5.91 Å². The van der Waals surface area contributed by atoms with Gasteiger partial charge in [0.25, 0.3) is 5.91 Å². The Labute approximate surface area is 181 Å². The maximum absolute atomic E-state index is 13.3. The normalized spacial score (nSPS) is 10.6. The second-order valence-electron chi connectivity index (χ2n) is 7.47. The summed E-state index contributed by atoms with van der Waals surface area (Å²) in [7, 11) is 0. The van der Waals surface area contributed by atoms with Gasteiger partial charge in [-0.1, -0.05) is 48.0 Å². The molecule has 0 aliphatic carbocycles. The van der Waals surface area contributed by atoms with Gasteiger partial charge in [0, 0.05) is 23.6 Å². The Balaban J connectivity index is 1.92. The lowest BCUT2D eigenvalue weighted by Crippen LogP contribution is -2.27. The van der Waals surface area contributed by atoms with E-state index in [4.69, 9.17) is 0 Å². The third-order valence-corrected chi connectivity index (χ3v) is 5.12. The van der Waals surface area contributed by atoms with Crippen LogP contribution in [0.15, 0.2) is 89.9 Å². The Bertz CT molecular complexity index is 1280. The fraction of sp³-hybridized carbons (Fsp3) is 0.115. The molecule has 154 valence electrons. The molecule has 2 aromatic carbocycles. The van der Waals surface area contributed by atoms with Crippen molar-refractivity contribution in [3.8, 4) is 11.3 Å². The molecule has 4 aromatic rings. The third-order valence-electron chi connectivity index (χ3n) is 5.12. The fourth-order valence-corrected chi connectivity index (χ4v) is 3.65. The van der Waals surface area contributed by atoms with Gasteiger partial charge in [-0.15, -0.1) is 0 Å². The Morgan fingerprint density at radius 3 is 2.42 bits per heavy atom. The highest BCUT2D eigenvalue weighted by Gasteiger charge is 2.22. The average Bonchev–Trinajstić information content (AvgIpc) is 2.76. The van der Waals surface area contributed by atoms with Gasteiger partial charge in [0.15, 0.2) is 5.43 Å². The van der Waals surface area contributed by atoms with Gasteiger partial charge in [0.05, 0.1) is 17.9 Å². The number of aromatic nitrogens is 2. The van der Waals surface area contributed by atoms with Gasteiger partial charge in [-0.25, -0.2) is 0 Å². The smallest absolute Gasteiger partial charge is 0.261 e. The first-order chi connectivity index (χ1) is 15.0. The molecule has 0 aliphatic rings. The quantitative estimate of drug-likeness (QED) is 0.514. The van der Waals surface area contributed by atoms with Crippen molar-refractivity contribution in [1.82, 2.24) is 9.55 Å². The Morgan fingerprint density at radius 2 is 1.71 bits per heavy atom. The number of rotatable bonds is 5. The van der Waals surface area contributed by atoms with Gasteiger partial charge in [-0.3, -0.25) is 14.6 Å². The van der Waals surface area contributed by atoms with Gasteiger partial charge >= 0.3 is 0 Å². The summed E-state index contributed by atoms with van der Waals surface area (Å²) < 4.78 is 1.98. The lowest BCUT2D eigenvalue weighted by molar-refractivity contribution is 0.102. The molecule has 0 atom stereocenters. The molecular weight excluding hydrogens is 386 g/mol. The summed E-state index contributed by atoms with van der Waals surface area (Å²) in [6.45, 7) is 4.31. The summed E-state index contributed by atoms with van der Waals surface area (Å²) in [5, 5.41) is 2.87. The molecule has 4 rings (SSSR count). The van der Waals surface area contributed by atoms with Crippen molar-refractivity contribution in [1.29, 1.82) is 0 Å². The minimum absolute atomic E-state index is 0.121. The Morgan fingerprint density at radius 1 is 0.935 bits per heavy atom. The summed E-state index contributed by atoms with van der Waals surface area (Å²) in [6, 6.07) is 24.2. The molecule has 0 fully saturated rings. The van der Waals surface area contributed by atoms with Crippen LogP contribution < -0.4 is 10.7 Å². The van der Waals surface area contributed by atoms with Crippen LogP contribution in [0, 0.1) is 13.8 Å². The van der Waals surface area contributed by atoms with Gasteiger partial charge in [0.2, 0.25) is 0 Å². The second-order valence-corrected chi connectivity index (χ2v) is 7.47. The van der Waals surface area contributed by atoms with Crippen LogP contribution >= 0.6 is 0 Å². The molecule has 0 saturated carbocycles. The molecule has 2 heterocycles. The van der Waals surface area contributed by atoms with Crippen molar-refractivity contribution in [3.63, 3.8) is 0 Å². The van der Waals surface area contributed by atoms with Gasteiger partial charge in [-0.2, -0.15) is 0 Å². The number of anilines is 1. The zero-order valence-electron chi connectivity index (χ0n) is 17.5. The third kappa shape index (κ3) is 4.46.